The van der Waals surface area contributed by atoms with Crippen LogP contribution in [0.25, 0.3) is 0 Å². The molecule has 9 heteroatoms. The Balaban J connectivity index is 2.40. The minimum Gasteiger partial charge on any atom is -0.468 e. The number of ketones is 1. The van der Waals surface area contributed by atoms with Crippen LogP contribution in [0.5, 0.6) is 5.75 Å². The number of halogens is 1. The monoisotopic (exact) mass is 458 g/mol. The van der Waals surface area contributed by atoms with Gasteiger partial charge >= 0.3 is 11.9 Å². The molecule has 1 atom stereocenters. The molecule has 0 bridgehead atoms. The van der Waals surface area contributed by atoms with Gasteiger partial charge in [0.25, 0.3) is 0 Å². The second-order valence-electron chi connectivity index (χ2n) is 8.18. The maximum Gasteiger partial charge on any atom is 0.341 e. The van der Waals surface area contributed by atoms with Crippen molar-refractivity contribution in [1.82, 2.24) is 5.32 Å². The number of nitrogens with zero attached hydrogens (tertiary/aromatic N) is 1. The Hall–Kier alpha value is -3.31. The van der Waals surface area contributed by atoms with E-state index in [0.29, 0.717) is 0 Å². The Kier molecular flexibility index (Phi) is 6.07. The van der Waals surface area contributed by atoms with Crippen molar-refractivity contribution in [2.45, 2.75) is 45.8 Å². The summed E-state index contributed by atoms with van der Waals surface area (Å²) in [5.74, 6) is -2.39. The number of esters is 2. The highest BCUT2D eigenvalue weighted by molar-refractivity contribution is 6.31. The molecule has 1 unspecified atom stereocenters. The molecule has 0 fully saturated rings. The van der Waals surface area contributed by atoms with E-state index in [1.165, 1.54) is 18.2 Å². The molecule has 1 N–H and O–H groups in total. The third-order valence-corrected chi connectivity index (χ3v) is 5.03. The molecule has 2 aliphatic rings. The summed E-state index contributed by atoms with van der Waals surface area (Å²) in [4.78, 5) is 39.9. The first-order chi connectivity index (χ1) is 15.0. The molecule has 0 saturated heterocycles. The van der Waals surface area contributed by atoms with Crippen LogP contribution >= 0.6 is 11.6 Å². The van der Waals surface area contributed by atoms with Crippen molar-refractivity contribution in [2.75, 3.05) is 13.2 Å². The lowest BCUT2D eigenvalue weighted by Crippen LogP contribution is -2.46. The molecule has 168 valence electrons. The molecule has 1 aliphatic carbocycles. The van der Waals surface area contributed by atoms with Crippen LogP contribution in [-0.2, 0) is 19.1 Å². The molecule has 1 aromatic rings. The van der Waals surface area contributed by atoms with E-state index in [2.05, 4.69) is 5.32 Å². The van der Waals surface area contributed by atoms with Crippen molar-refractivity contribution in [3.8, 4) is 11.8 Å². The Morgan fingerprint density at radius 1 is 1.19 bits per heavy atom. The summed E-state index contributed by atoms with van der Waals surface area (Å²) in [6, 6.07) is 6.37. The highest BCUT2D eigenvalue weighted by atomic mass is 35.5. The molecule has 32 heavy (non-hydrogen) atoms. The summed E-state index contributed by atoms with van der Waals surface area (Å²) in [5.41, 5.74) is -3.62. The average Bonchev–Trinajstić information content (AvgIpc) is 3.13. The highest BCUT2D eigenvalue weighted by Crippen LogP contribution is 2.51. The second kappa shape index (κ2) is 8.32. The highest BCUT2D eigenvalue weighted by Gasteiger charge is 2.63. The molecule has 0 radical (unpaired) electrons. The van der Waals surface area contributed by atoms with Gasteiger partial charge in [0.15, 0.2) is 0 Å². The van der Waals surface area contributed by atoms with Crippen LogP contribution in [0.15, 0.2) is 40.6 Å². The van der Waals surface area contributed by atoms with Crippen molar-refractivity contribution >= 4 is 29.3 Å². The molecular formula is C23H23ClN2O6. The van der Waals surface area contributed by atoms with Gasteiger partial charge in [0.1, 0.15) is 23.0 Å². The van der Waals surface area contributed by atoms with Gasteiger partial charge in [0.05, 0.1) is 30.0 Å². The van der Waals surface area contributed by atoms with Gasteiger partial charge in [-0.3, -0.25) is 4.79 Å². The molecule has 3 rings (SSSR count). The fourth-order valence-electron chi connectivity index (χ4n) is 3.72. The maximum atomic E-state index is 13.7. The number of benzene rings is 1. The SMILES string of the molecule is CCOC(=O)C1=C(C(=O)OCC)C2(Oc3ccc(Cl)cc3C2=O)C(C#N)=C1NC(C)(C)C. The topological polar surface area (TPSA) is 115 Å². The van der Waals surface area contributed by atoms with Crippen molar-refractivity contribution in [1.29, 1.82) is 5.26 Å². The zero-order chi connectivity index (χ0) is 23.8. The van der Waals surface area contributed by atoms with Crippen LogP contribution in [0.3, 0.4) is 0 Å². The molecule has 1 aliphatic heterocycles. The van der Waals surface area contributed by atoms with Crippen molar-refractivity contribution in [2.24, 2.45) is 0 Å². The van der Waals surface area contributed by atoms with Gasteiger partial charge in [0.2, 0.25) is 11.4 Å². The quantitative estimate of drug-likeness (QED) is 0.668. The molecule has 8 nitrogen and oxygen atoms in total. The number of carbonyl (C=O) groups is 3. The van der Waals surface area contributed by atoms with Gasteiger partial charge in [0, 0.05) is 10.6 Å². The van der Waals surface area contributed by atoms with Crippen LogP contribution in [0, 0.1) is 11.3 Å². The zero-order valence-corrected chi connectivity index (χ0v) is 19.2. The summed E-state index contributed by atoms with van der Waals surface area (Å²) < 4.78 is 16.4. The number of hydrogen-bond donors (Lipinski definition) is 1. The van der Waals surface area contributed by atoms with E-state index < -0.39 is 34.4 Å². The van der Waals surface area contributed by atoms with Crippen molar-refractivity contribution in [3.05, 3.63) is 51.2 Å². The third kappa shape index (κ3) is 3.63. The van der Waals surface area contributed by atoms with Crippen LogP contribution in [0.1, 0.15) is 45.0 Å². The predicted molar refractivity (Wildman–Crippen MR) is 115 cm³/mol. The summed E-state index contributed by atoms with van der Waals surface area (Å²) in [5, 5.41) is 13.5. The van der Waals surface area contributed by atoms with Gasteiger partial charge in [-0.25, -0.2) is 9.59 Å². The summed E-state index contributed by atoms with van der Waals surface area (Å²) >= 11 is 6.06. The van der Waals surface area contributed by atoms with Crippen LogP contribution in [0.2, 0.25) is 5.02 Å². The number of hydrogen-bond acceptors (Lipinski definition) is 8. The van der Waals surface area contributed by atoms with E-state index in [1.54, 1.807) is 34.6 Å². The van der Waals surface area contributed by atoms with Gasteiger partial charge in [-0.2, -0.15) is 5.26 Å². The zero-order valence-electron chi connectivity index (χ0n) is 18.4. The van der Waals surface area contributed by atoms with E-state index in [-0.39, 0.29) is 46.4 Å². The largest absolute Gasteiger partial charge is 0.468 e. The standard InChI is InChI=1S/C23H23ClN2O6/c1-6-30-20(28)16-17(21(29)31-7-2)23(14(11-25)18(16)26-22(3,4)5)19(27)13-10-12(24)8-9-15(13)32-23/h8-10,26H,6-7H2,1-5H3. The lowest BCUT2D eigenvalue weighted by atomic mass is 9.84. The summed E-state index contributed by atoms with van der Waals surface area (Å²) in [6.45, 7) is 8.60. The first-order valence-corrected chi connectivity index (χ1v) is 10.4. The number of nitriles is 1. The van der Waals surface area contributed by atoms with Gasteiger partial charge < -0.3 is 19.5 Å². The second-order valence-corrected chi connectivity index (χ2v) is 8.62. The molecule has 0 amide bonds. The van der Waals surface area contributed by atoms with Crippen LogP contribution < -0.4 is 10.1 Å². The van der Waals surface area contributed by atoms with E-state index in [9.17, 15) is 19.6 Å². The number of carbonyl (C=O) groups excluding carboxylic acids is 3. The molecule has 0 aromatic heterocycles. The minimum atomic E-state index is -2.19. The Morgan fingerprint density at radius 3 is 2.38 bits per heavy atom. The van der Waals surface area contributed by atoms with Gasteiger partial charge in [-0.05, 0) is 52.8 Å². The Bertz CT molecular complexity index is 1120. The number of ether oxygens (including phenoxy) is 3. The van der Waals surface area contributed by atoms with Crippen LogP contribution in [-0.4, -0.2) is 42.1 Å². The molecule has 1 spiro atoms. The first kappa shape index (κ1) is 23.4. The van der Waals surface area contributed by atoms with E-state index >= 15 is 0 Å². The van der Waals surface area contributed by atoms with E-state index in [4.69, 9.17) is 25.8 Å². The normalized spacial score (nSPS) is 19.6. The summed E-state index contributed by atoms with van der Waals surface area (Å²) in [7, 11) is 0. The fourth-order valence-corrected chi connectivity index (χ4v) is 3.89. The fraction of sp³-hybridized carbons (Fsp3) is 0.391. The van der Waals surface area contributed by atoms with Crippen molar-refractivity contribution in [3.63, 3.8) is 0 Å². The lowest BCUT2D eigenvalue weighted by Gasteiger charge is -2.26. The predicted octanol–water partition coefficient (Wildman–Crippen LogP) is 3.26. The molecule has 1 heterocycles. The van der Waals surface area contributed by atoms with Crippen LogP contribution in [0.4, 0.5) is 0 Å². The maximum absolute atomic E-state index is 13.7. The van der Waals surface area contributed by atoms with Crippen molar-refractivity contribution < 1.29 is 28.6 Å². The number of rotatable bonds is 5. The Labute approximate surface area is 190 Å². The lowest BCUT2D eigenvalue weighted by molar-refractivity contribution is -0.142. The number of fused-ring (bicyclic) bond motifs is 1. The smallest absolute Gasteiger partial charge is 0.341 e. The number of nitrogens with one attached hydrogen (secondary N) is 1. The van der Waals surface area contributed by atoms with Gasteiger partial charge in [-0.15, -0.1) is 0 Å². The Morgan fingerprint density at radius 2 is 1.81 bits per heavy atom. The molecule has 0 saturated carbocycles. The minimum absolute atomic E-state index is 0.00578. The third-order valence-electron chi connectivity index (χ3n) is 4.79. The number of Topliss-reactive ketones (excluding diaryl/α,β-unsaturated/α-hetero) is 1. The first-order valence-electron chi connectivity index (χ1n) is 10.1. The van der Waals surface area contributed by atoms with Gasteiger partial charge in [-0.1, -0.05) is 11.6 Å². The van der Waals surface area contributed by atoms with E-state index in [1.807, 2.05) is 6.07 Å². The average molecular weight is 459 g/mol. The molecular weight excluding hydrogens is 436 g/mol. The summed E-state index contributed by atoms with van der Waals surface area (Å²) in [6.07, 6.45) is 0. The molecule has 1 aromatic carbocycles. The van der Waals surface area contributed by atoms with E-state index in [0.717, 1.165) is 0 Å².